The Balaban J connectivity index is 3.85. The van der Waals surface area contributed by atoms with E-state index in [1.54, 1.807) is 0 Å². The maximum atomic E-state index is 12.4. The van der Waals surface area contributed by atoms with Crippen molar-refractivity contribution in [3.8, 4) is 0 Å². The maximum absolute atomic E-state index is 12.4. The Hall–Kier alpha value is -3.08. The second-order valence-electron chi connectivity index (χ2n) is 18.1. The number of esters is 1. The maximum Gasteiger partial charge on any atom is 0.472 e. The third-order valence-corrected chi connectivity index (χ3v) is 12.4. The summed E-state index contributed by atoms with van der Waals surface area (Å²) in [5.74, 6) is -2.39. The van der Waals surface area contributed by atoms with Gasteiger partial charge in [0.15, 0.2) is 6.04 Å². The normalized spacial score (nSPS) is 14.1. The van der Waals surface area contributed by atoms with Crippen molar-refractivity contribution in [1.29, 1.82) is 0 Å². The van der Waals surface area contributed by atoms with Gasteiger partial charge in [-0.25, -0.2) is 9.36 Å². The van der Waals surface area contributed by atoms with Crippen LogP contribution in [0.2, 0.25) is 0 Å². The number of unbranched alkanes of at least 4 members (excludes halogenated alkanes) is 24. The van der Waals surface area contributed by atoms with Crippen LogP contribution in [0.1, 0.15) is 232 Å². The summed E-state index contributed by atoms with van der Waals surface area (Å²) in [6.07, 6.45) is 62.0. The van der Waals surface area contributed by atoms with E-state index in [0.717, 1.165) is 77.0 Å². The smallest absolute Gasteiger partial charge is 0.472 e. The predicted molar refractivity (Wildman–Crippen MR) is 281 cm³/mol. The molecule has 0 aliphatic carbocycles. The number of carboxylic acids is 1. The summed E-state index contributed by atoms with van der Waals surface area (Å²) in [4.78, 5) is 46.2. The Labute approximate surface area is 414 Å². The van der Waals surface area contributed by atoms with E-state index in [4.69, 9.17) is 13.8 Å². The van der Waals surface area contributed by atoms with Crippen LogP contribution in [0.5, 0.6) is 0 Å². The largest absolute Gasteiger partial charge is 0.480 e. The molecule has 0 aliphatic heterocycles. The molecule has 0 aromatic heterocycles. The van der Waals surface area contributed by atoms with Crippen molar-refractivity contribution in [3.05, 3.63) is 72.9 Å². The average molecular weight is 976 g/mol. The highest BCUT2D eigenvalue weighted by Crippen LogP contribution is 2.43. The molecule has 4 N–H and O–H groups in total. The molecule has 3 atom stereocenters. The molecule has 0 rings (SSSR count). The standard InChI is InChI=1S/C56H98NO10P/c1-3-5-7-9-11-13-15-17-19-21-23-25-26-28-29-31-33-35-37-39-41-43-45-47-54(59)57-53(56(61)62)51-67-68(63,64)66-50-52(58)49-65-55(60)48-46-44-42-40-38-36-34-32-30-27-24-22-20-18-16-14-12-10-8-6-4-2/h11-14,17-20,24,27,32,34,52-53,58H,3-10,15-16,21-23,25-26,28-31,33,35-51H2,1-2H3,(H,57,59)(H,61,62)(H,63,64)/b13-11-,14-12-,19-17-,20-18-,27-24-,34-32-. The number of ether oxygens (including phenoxy) is 1. The topological polar surface area (TPSA) is 169 Å². The molecule has 0 aromatic rings. The van der Waals surface area contributed by atoms with Crippen molar-refractivity contribution >= 4 is 25.7 Å². The molecule has 0 fully saturated rings. The van der Waals surface area contributed by atoms with Crippen molar-refractivity contribution in [3.63, 3.8) is 0 Å². The van der Waals surface area contributed by atoms with E-state index in [1.807, 2.05) is 0 Å². The monoisotopic (exact) mass is 976 g/mol. The van der Waals surface area contributed by atoms with Crippen molar-refractivity contribution in [2.24, 2.45) is 0 Å². The van der Waals surface area contributed by atoms with Crippen LogP contribution in [0.4, 0.5) is 0 Å². The van der Waals surface area contributed by atoms with Crippen molar-refractivity contribution in [1.82, 2.24) is 5.32 Å². The molecule has 68 heavy (non-hydrogen) atoms. The van der Waals surface area contributed by atoms with Gasteiger partial charge in [-0.05, 0) is 89.9 Å². The Morgan fingerprint density at radius 2 is 0.809 bits per heavy atom. The minimum atomic E-state index is -4.77. The minimum absolute atomic E-state index is 0.141. The number of aliphatic hydroxyl groups excluding tert-OH is 1. The van der Waals surface area contributed by atoms with E-state index in [-0.39, 0.29) is 12.8 Å². The van der Waals surface area contributed by atoms with Crippen LogP contribution in [0.15, 0.2) is 72.9 Å². The molecule has 392 valence electrons. The van der Waals surface area contributed by atoms with E-state index >= 15 is 0 Å². The van der Waals surface area contributed by atoms with Crippen molar-refractivity contribution in [2.45, 2.75) is 244 Å². The fourth-order valence-corrected chi connectivity index (χ4v) is 8.04. The van der Waals surface area contributed by atoms with Crippen LogP contribution in [0.3, 0.4) is 0 Å². The molecule has 0 saturated carbocycles. The van der Waals surface area contributed by atoms with Gasteiger partial charge >= 0.3 is 19.8 Å². The van der Waals surface area contributed by atoms with Gasteiger partial charge in [-0.2, -0.15) is 0 Å². The van der Waals surface area contributed by atoms with Gasteiger partial charge in [0.25, 0.3) is 0 Å². The number of hydrogen-bond donors (Lipinski definition) is 4. The molecule has 0 saturated heterocycles. The Morgan fingerprint density at radius 1 is 0.471 bits per heavy atom. The third kappa shape index (κ3) is 49.3. The zero-order valence-corrected chi connectivity index (χ0v) is 43.8. The van der Waals surface area contributed by atoms with Crippen molar-refractivity contribution in [2.75, 3.05) is 19.8 Å². The Kier molecular flexibility index (Phi) is 48.0. The van der Waals surface area contributed by atoms with E-state index in [0.29, 0.717) is 12.8 Å². The van der Waals surface area contributed by atoms with Gasteiger partial charge in [0, 0.05) is 12.8 Å². The second kappa shape index (κ2) is 50.3. The first-order valence-electron chi connectivity index (χ1n) is 27.0. The Morgan fingerprint density at radius 3 is 1.21 bits per heavy atom. The SMILES string of the molecule is CCCCC/C=C\C/C=C\C/C=C\C/C=C\CCCCCCCC(=O)OCC(O)COP(=O)(O)OCC(NC(=O)CCCCCCCCCCCCCCC/C=C\C/C=C\CCCCC)C(=O)O. The average Bonchev–Trinajstić information content (AvgIpc) is 3.32. The first-order valence-corrected chi connectivity index (χ1v) is 28.5. The summed E-state index contributed by atoms with van der Waals surface area (Å²) in [6.45, 7) is 2.55. The van der Waals surface area contributed by atoms with Crippen molar-refractivity contribution < 1.29 is 47.8 Å². The van der Waals surface area contributed by atoms with Crippen LogP contribution in [-0.4, -0.2) is 64.9 Å². The lowest BCUT2D eigenvalue weighted by Gasteiger charge is -2.18. The summed E-state index contributed by atoms with van der Waals surface area (Å²) in [7, 11) is -4.77. The number of carbonyl (C=O) groups is 3. The highest BCUT2D eigenvalue weighted by Gasteiger charge is 2.28. The van der Waals surface area contributed by atoms with Gasteiger partial charge in [0.2, 0.25) is 5.91 Å². The number of phosphoric acid groups is 1. The van der Waals surface area contributed by atoms with E-state index < -0.39 is 57.6 Å². The first-order chi connectivity index (χ1) is 33.1. The van der Waals surface area contributed by atoms with Gasteiger partial charge in [-0.15, -0.1) is 0 Å². The molecule has 12 heteroatoms. The highest BCUT2D eigenvalue weighted by molar-refractivity contribution is 7.47. The zero-order chi connectivity index (χ0) is 49.9. The number of allylic oxidation sites excluding steroid dienone is 12. The molecule has 0 heterocycles. The van der Waals surface area contributed by atoms with Crippen LogP contribution in [0, 0.1) is 0 Å². The molecule has 0 spiro atoms. The molecule has 3 unspecified atom stereocenters. The lowest BCUT2D eigenvalue weighted by Crippen LogP contribution is -2.43. The number of carbonyl (C=O) groups excluding carboxylic acids is 2. The van der Waals surface area contributed by atoms with Crippen LogP contribution < -0.4 is 5.32 Å². The number of carboxylic acid groups (broad SMARTS) is 1. The zero-order valence-electron chi connectivity index (χ0n) is 42.9. The lowest BCUT2D eigenvalue weighted by molar-refractivity contribution is -0.147. The molecular formula is C56H98NO10P. The summed E-state index contributed by atoms with van der Waals surface area (Å²) in [5, 5.41) is 22.0. The van der Waals surface area contributed by atoms with Gasteiger partial charge in [0.1, 0.15) is 12.7 Å². The number of amides is 1. The van der Waals surface area contributed by atoms with Crippen LogP contribution in [-0.2, 0) is 32.7 Å². The number of aliphatic hydroxyl groups is 1. The predicted octanol–water partition coefficient (Wildman–Crippen LogP) is 15.2. The molecule has 0 radical (unpaired) electrons. The molecule has 0 aliphatic rings. The highest BCUT2D eigenvalue weighted by atomic mass is 31.2. The number of rotatable bonds is 50. The molecule has 11 nitrogen and oxygen atoms in total. The minimum Gasteiger partial charge on any atom is -0.480 e. The third-order valence-electron chi connectivity index (χ3n) is 11.5. The van der Waals surface area contributed by atoms with Gasteiger partial charge in [0.05, 0.1) is 13.2 Å². The van der Waals surface area contributed by atoms with E-state index in [1.165, 1.54) is 116 Å². The number of aliphatic carboxylic acids is 1. The lowest BCUT2D eigenvalue weighted by atomic mass is 10.0. The van der Waals surface area contributed by atoms with E-state index in [2.05, 4.69) is 92.1 Å². The second-order valence-corrected chi connectivity index (χ2v) is 19.5. The Bertz CT molecular complexity index is 1420. The number of nitrogens with one attached hydrogen (secondary N) is 1. The van der Waals surface area contributed by atoms with Gasteiger partial charge in [-0.3, -0.25) is 18.6 Å². The van der Waals surface area contributed by atoms with Crippen LogP contribution >= 0.6 is 7.82 Å². The number of phosphoric ester groups is 1. The quantitative estimate of drug-likeness (QED) is 0.0199. The van der Waals surface area contributed by atoms with Crippen LogP contribution in [0.25, 0.3) is 0 Å². The fraction of sp³-hybridized carbons (Fsp3) is 0.732. The van der Waals surface area contributed by atoms with Gasteiger partial charge < -0.3 is 25.2 Å². The summed E-state index contributed by atoms with van der Waals surface area (Å²) < 4.78 is 27.0. The van der Waals surface area contributed by atoms with E-state index in [9.17, 15) is 34.1 Å². The molecule has 0 aromatic carbocycles. The fourth-order valence-electron chi connectivity index (χ4n) is 7.27. The summed E-state index contributed by atoms with van der Waals surface area (Å²) >= 11 is 0. The molecule has 0 bridgehead atoms. The van der Waals surface area contributed by atoms with Gasteiger partial charge in [-0.1, -0.05) is 202 Å². The summed E-state index contributed by atoms with van der Waals surface area (Å²) in [5.41, 5.74) is 0. The summed E-state index contributed by atoms with van der Waals surface area (Å²) in [6, 6.07) is -1.55. The first kappa shape index (κ1) is 64.9. The molecule has 1 amide bonds. The molecular weight excluding hydrogens is 878 g/mol. The number of hydrogen-bond acceptors (Lipinski definition) is 8.